The van der Waals surface area contributed by atoms with E-state index >= 15 is 0 Å². The first kappa shape index (κ1) is 19.3. The van der Waals surface area contributed by atoms with Crippen LogP contribution in [0.15, 0.2) is 4.99 Å². The Balaban J connectivity index is 2.18. The first-order chi connectivity index (χ1) is 10.4. The molecule has 0 spiro atoms. The van der Waals surface area contributed by atoms with E-state index in [0.29, 0.717) is 19.0 Å². The van der Waals surface area contributed by atoms with Gasteiger partial charge in [-0.25, -0.2) is 8.42 Å². The number of sulfone groups is 1. The average Bonchev–Trinajstić information content (AvgIpc) is 2.48. The largest absolute Gasteiger partial charge is 0.356 e. The Morgan fingerprint density at radius 2 is 1.95 bits per heavy atom. The van der Waals surface area contributed by atoms with Gasteiger partial charge in [0.15, 0.2) is 5.96 Å². The Morgan fingerprint density at radius 1 is 1.27 bits per heavy atom. The van der Waals surface area contributed by atoms with Crippen molar-refractivity contribution in [2.24, 2.45) is 10.9 Å². The van der Waals surface area contributed by atoms with Crippen molar-refractivity contribution in [1.82, 2.24) is 10.6 Å². The lowest BCUT2D eigenvalue weighted by Gasteiger charge is -2.24. The summed E-state index contributed by atoms with van der Waals surface area (Å²) >= 11 is 0. The normalized spacial score (nSPS) is 19.0. The molecule has 1 saturated carbocycles. The van der Waals surface area contributed by atoms with Crippen LogP contribution in [0, 0.1) is 5.92 Å². The van der Waals surface area contributed by atoms with Crippen LogP contribution in [0.4, 0.5) is 0 Å². The van der Waals surface area contributed by atoms with E-state index < -0.39 is 9.84 Å². The summed E-state index contributed by atoms with van der Waals surface area (Å²) in [7, 11) is -1.12. The smallest absolute Gasteiger partial charge is 0.191 e. The minimum absolute atomic E-state index is 0.216. The number of rotatable bonds is 8. The highest BCUT2D eigenvalue weighted by molar-refractivity contribution is 7.90. The summed E-state index contributed by atoms with van der Waals surface area (Å²) < 4.78 is 22.2. The molecule has 2 N–H and O–H groups in total. The average molecular weight is 332 g/mol. The third kappa shape index (κ3) is 9.28. The third-order valence-electron chi connectivity index (χ3n) is 4.32. The first-order valence-electron chi connectivity index (χ1n) is 8.55. The Bertz CT molecular complexity index is 429. The lowest BCUT2D eigenvalue weighted by atomic mass is 9.85. The van der Waals surface area contributed by atoms with Gasteiger partial charge in [-0.15, -0.1) is 0 Å². The molecule has 0 aliphatic heterocycles. The van der Waals surface area contributed by atoms with Gasteiger partial charge in [-0.3, -0.25) is 4.99 Å². The molecule has 6 heteroatoms. The minimum Gasteiger partial charge on any atom is -0.356 e. The maximum absolute atomic E-state index is 11.1. The Hall–Kier alpha value is -0.780. The number of guanidine groups is 1. The molecule has 1 fully saturated rings. The summed E-state index contributed by atoms with van der Waals surface area (Å²) in [4.78, 5) is 4.20. The van der Waals surface area contributed by atoms with Crippen molar-refractivity contribution in [3.05, 3.63) is 0 Å². The van der Waals surface area contributed by atoms with Crippen molar-refractivity contribution in [1.29, 1.82) is 0 Å². The molecule has 1 unspecified atom stereocenters. The first-order valence-corrected chi connectivity index (χ1v) is 10.6. The van der Waals surface area contributed by atoms with Gasteiger partial charge in [-0.05, 0) is 32.1 Å². The van der Waals surface area contributed by atoms with Crippen LogP contribution in [-0.2, 0) is 9.84 Å². The zero-order valence-electron chi connectivity index (χ0n) is 14.4. The SMILES string of the molecule is CN=C(NCCCS(C)(=O)=O)NC(C)CCC1CCCCC1. The second-order valence-corrected chi connectivity index (χ2v) is 8.87. The summed E-state index contributed by atoms with van der Waals surface area (Å²) in [6.07, 6.45) is 11.3. The molecule has 0 aromatic carbocycles. The number of hydrogen-bond acceptors (Lipinski definition) is 3. The monoisotopic (exact) mass is 331 g/mol. The highest BCUT2D eigenvalue weighted by Crippen LogP contribution is 2.27. The van der Waals surface area contributed by atoms with Crippen LogP contribution < -0.4 is 10.6 Å². The van der Waals surface area contributed by atoms with Crippen molar-refractivity contribution in [3.8, 4) is 0 Å². The molecule has 22 heavy (non-hydrogen) atoms. The number of aliphatic imine (C=N–C) groups is 1. The van der Waals surface area contributed by atoms with E-state index in [-0.39, 0.29) is 5.75 Å². The summed E-state index contributed by atoms with van der Waals surface area (Å²) in [6, 6.07) is 0.392. The van der Waals surface area contributed by atoms with Gasteiger partial charge in [-0.2, -0.15) is 0 Å². The predicted octanol–water partition coefficient (Wildman–Crippen LogP) is 2.34. The van der Waals surface area contributed by atoms with Crippen molar-refractivity contribution < 1.29 is 8.42 Å². The lowest BCUT2D eigenvalue weighted by molar-refractivity contribution is 0.322. The topological polar surface area (TPSA) is 70.6 Å². The highest BCUT2D eigenvalue weighted by atomic mass is 32.2. The van der Waals surface area contributed by atoms with Gasteiger partial charge in [-0.1, -0.05) is 32.1 Å². The molecule has 1 atom stereocenters. The molecule has 0 saturated heterocycles. The van der Waals surface area contributed by atoms with Crippen LogP contribution in [0.2, 0.25) is 0 Å². The molecule has 1 rings (SSSR count). The zero-order valence-corrected chi connectivity index (χ0v) is 15.2. The Labute approximate surface area is 136 Å². The van der Waals surface area contributed by atoms with Crippen molar-refractivity contribution >= 4 is 15.8 Å². The summed E-state index contributed by atoms with van der Waals surface area (Å²) in [5.74, 6) is 1.89. The molecule has 0 aromatic rings. The van der Waals surface area contributed by atoms with Crippen LogP contribution in [-0.4, -0.2) is 46.0 Å². The van der Waals surface area contributed by atoms with E-state index in [1.165, 1.54) is 44.8 Å². The molecular weight excluding hydrogens is 298 g/mol. The summed E-state index contributed by atoms with van der Waals surface area (Å²) in [5, 5.41) is 6.58. The van der Waals surface area contributed by atoms with Gasteiger partial charge in [0.25, 0.3) is 0 Å². The van der Waals surface area contributed by atoms with Crippen LogP contribution in [0.25, 0.3) is 0 Å². The molecular formula is C16H33N3O2S. The van der Waals surface area contributed by atoms with Crippen LogP contribution in [0.3, 0.4) is 0 Å². The van der Waals surface area contributed by atoms with E-state index in [1.807, 2.05) is 0 Å². The molecule has 0 radical (unpaired) electrons. The minimum atomic E-state index is -2.87. The lowest BCUT2D eigenvalue weighted by Crippen LogP contribution is -2.42. The number of hydrogen-bond donors (Lipinski definition) is 2. The number of nitrogens with zero attached hydrogens (tertiary/aromatic N) is 1. The number of nitrogens with one attached hydrogen (secondary N) is 2. The van der Waals surface area contributed by atoms with Crippen LogP contribution in [0.5, 0.6) is 0 Å². The fourth-order valence-corrected chi connectivity index (χ4v) is 3.67. The van der Waals surface area contributed by atoms with Gasteiger partial charge < -0.3 is 10.6 Å². The van der Waals surface area contributed by atoms with Gasteiger partial charge in [0.1, 0.15) is 9.84 Å². The van der Waals surface area contributed by atoms with Gasteiger partial charge >= 0.3 is 0 Å². The van der Waals surface area contributed by atoms with E-state index in [2.05, 4.69) is 22.5 Å². The molecule has 0 amide bonds. The molecule has 130 valence electrons. The second kappa shape index (κ2) is 10.1. The Kier molecular flexibility index (Phi) is 8.83. The molecule has 1 aliphatic carbocycles. The summed E-state index contributed by atoms with van der Waals surface area (Å²) in [5.41, 5.74) is 0. The van der Waals surface area contributed by atoms with Gasteiger partial charge in [0.2, 0.25) is 0 Å². The van der Waals surface area contributed by atoms with E-state index in [4.69, 9.17) is 0 Å². The molecule has 1 aliphatic rings. The zero-order chi connectivity index (χ0) is 16.4. The van der Waals surface area contributed by atoms with Crippen LogP contribution in [0.1, 0.15) is 58.3 Å². The Morgan fingerprint density at radius 3 is 2.55 bits per heavy atom. The summed E-state index contributed by atoms with van der Waals surface area (Å²) in [6.45, 7) is 2.81. The molecule has 0 bridgehead atoms. The fraction of sp³-hybridized carbons (Fsp3) is 0.938. The second-order valence-electron chi connectivity index (χ2n) is 6.61. The highest BCUT2D eigenvalue weighted by Gasteiger charge is 2.15. The molecule has 0 heterocycles. The van der Waals surface area contributed by atoms with Gasteiger partial charge in [0.05, 0.1) is 5.75 Å². The quantitative estimate of drug-likeness (QED) is 0.407. The van der Waals surface area contributed by atoms with Crippen molar-refractivity contribution in [2.75, 3.05) is 25.6 Å². The van der Waals surface area contributed by atoms with Crippen molar-refractivity contribution in [3.63, 3.8) is 0 Å². The predicted molar refractivity (Wildman–Crippen MR) is 94.1 cm³/mol. The van der Waals surface area contributed by atoms with Gasteiger partial charge in [0, 0.05) is 25.9 Å². The van der Waals surface area contributed by atoms with E-state index in [1.54, 1.807) is 7.05 Å². The maximum atomic E-state index is 11.1. The van der Waals surface area contributed by atoms with Crippen LogP contribution >= 0.6 is 0 Å². The standard InChI is InChI=1S/C16H33N3O2S/c1-14(10-11-15-8-5-4-6-9-15)19-16(17-2)18-12-7-13-22(3,20)21/h14-15H,4-13H2,1-3H3,(H2,17,18,19). The third-order valence-corrected chi connectivity index (χ3v) is 5.35. The molecule has 0 aromatic heterocycles. The molecule has 5 nitrogen and oxygen atoms in total. The van der Waals surface area contributed by atoms with E-state index in [9.17, 15) is 8.42 Å². The fourth-order valence-electron chi connectivity index (χ4n) is 3.00. The van der Waals surface area contributed by atoms with Crippen molar-refractivity contribution in [2.45, 2.75) is 64.3 Å². The maximum Gasteiger partial charge on any atom is 0.191 e. The van der Waals surface area contributed by atoms with E-state index in [0.717, 1.165) is 18.3 Å².